The Morgan fingerprint density at radius 2 is 1.97 bits per heavy atom. The topological polar surface area (TPSA) is 74.9 Å². The van der Waals surface area contributed by atoms with Crippen LogP contribution in [0.25, 0.3) is 22.0 Å². The number of nitrogens with one attached hydrogen (secondary N) is 1. The maximum Gasteiger partial charge on any atom is 0.215 e. The van der Waals surface area contributed by atoms with Crippen LogP contribution < -0.4 is 4.72 Å². The van der Waals surface area contributed by atoms with E-state index in [-0.39, 0.29) is 21.8 Å². The number of sulfonamides is 1. The lowest BCUT2D eigenvalue weighted by atomic mass is 9.96. The molecule has 0 amide bonds. The molecule has 0 bridgehead atoms. The van der Waals surface area contributed by atoms with Gasteiger partial charge in [-0.25, -0.2) is 17.5 Å². The molecule has 1 atom stereocenters. The average molecular weight is 454 g/mol. The Bertz CT molecular complexity index is 1330. The van der Waals surface area contributed by atoms with Gasteiger partial charge in [-0.05, 0) is 54.5 Å². The number of benzene rings is 2. The lowest BCUT2D eigenvalue weighted by Crippen LogP contribution is -2.29. The predicted octanol–water partition coefficient (Wildman–Crippen LogP) is 5.51. The van der Waals surface area contributed by atoms with Crippen molar-refractivity contribution in [1.29, 1.82) is 5.26 Å². The number of nitrogens with zero attached hydrogens (tertiary/aromatic N) is 2. The van der Waals surface area contributed by atoms with Gasteiger partial charge in [0.2, 0.25) is 10.0 Å². The summed E-state index contributed by atoms with van der Waals surface area (Å²) in [5.74, 6) is -0.442. The molecule has 1 aliphatic rings. The summed E-state index contributed by atoms with van der Waals surface area (Å²) < 4.78 is 44.6. The lowest BCUT2D eigenvalue weighted by Gasteiger charge is -2.20. The Morgan fingerprint density at radius 3 is 2.59 bits per heavy atom. The first-order valence-corrected chi connectivity index (χ1v) is 12.4. The van der Waals surface area contributed by atoms with Crippen molar-refractivity contribution in [3.05, 3.63) is 59.5 Å². The monoisotopic (exact) mass is 453 g/mol. The second-order valence-electron chi connectivity index (χ2n) is 9.86. The standard InChI is InChI=1S/C25H28FN3O2S/c1-16(28-32(30,31)19-9-10-19)21-14-29(15-25(2,3)4)23-12-17(8-11-20(21)23)24-18(13-27)6-5-7-22(24)26/h5-8,11-12,14,16,19,28H,9-10,15H2,1-4H3/t16-/m0/s1. The van der Waals surface area contributed by atoms with Gasteiger partial charge >= 0.3 is 0 Å². The van der Waals surface area contributed by atoms with Gasteiger partial charge in [0.15, 0.2) is 0 Å². The average Bonchev–Trinajstić information content (AvgIpc) is 3.51. The first-order chi connectivity index (χ1) is 15.0. The Hall–Kier alpha value is -2.69. The Morgan fingerprint density at radius 1 is 1.25 bits per heavy atom. The van der Waals surface area contributed by atoms with Crippen LogP contribution in [0.4, 0.5) is 4.39 Å². The quantitative estimate of drug-likeness (QED) is 0.535. The summed E-state index contributed by atoms with van der Waals surface area (Å²) in [6, 6.07) is 11.8. The van der Waals surface area contributed by atoms with Crippen LogP contribution in [0.2, 0.25) is 0 Å². The second-order valence-corrected chi connectivity index (χ2v) is 11.9. The highest BCUT2D eigenvalue weighted by Crippen LogP contribution is 2.36. The molecule has 1 aliphatic carbocycles. The zero-order valence-electron chi connectivity index (χ0n) is 18.8. The summed E-state index contributed by atoms with van der Waals surface area (Å²) in [5.41, 5.74) is 2.93. The van der Waals surface area contributed by atoms with Crippen molar-refractivity contribution in [3.63, 3.8) is 0 Å². The molecule has 0 saturated heterocycles. The maximum atomic E-state index is 14.7. The molecule has 2 aromatic carbocycles. The molecule has 1 saturated carbocycles. The number of hydrogen-bond acceptors (Lipinski definition) is 3. The highest BCUT2D eigenvalue weighted by atomic mass is 32.2. The van der Waals surface area contributed by atoms with Gasteiger partial charge in [-0.1, -0.05) is 39.0 Å². The molecule has 0 spiro atoms. The van der Waals surface area contributed by atoms with E-state index in [0.29, 0.717) is 24.9 Å². The molecule has 1 aromatic heterocycles. The van der Waals surface area contributed by atoms with E-state index in [1.807, 2.05) is 25.3 Å². The van der Waals surface area contributed by atoms with Crippen LogP contribution >= 0.6 is 0 Å². The number of hydrogen-bond donors (Lipinski definition) is 1. The molecule has 4 rings (SSSR count). The largest absolute Gasteiger partial charge is 0.347 e. The Balaban J connectivity index is 1.85. The van der Waals surface area contributed by atoms with Gasteiger partial charge < -0.3 is 4.57 Å². The molecular weight excluding hydrogens is 425 g/mol. The van der Waals surface area contributed by atoms with E-state index in [4.69, 9.17) is 0 Å². The molecule has 1 N–H and O–H groups in total. The summed E-state index contributed by atoms with van der Waals surface area (Å²) in [6.07, 6.45) is 3.41. The molecule has 168 valence electrons. The first-order valence-electron chi connectivity index (χ1n) is 10.8. The molecule has 32 heavy (non-hydrogen) atoms. The SMILES string of the molecule is C[C@H](NS(=O)(=O)C1CC1)c1cn(CC(C)(C)C)c2cc(-c3c(F)cccc3C#N)ccc12. The van der Waals surface area contributed by atoms with Gasteiger partial charge in [0, 0.05) is 35.2 Å². The van der Waals surface area contributed by atoms with Gasteiger partial charge in [0.05, 0.1) is 16.9 Å². The van der Waals surface area contributed by atoms with E-state index in [0.717, 1.165) is 16.5 Å². The van der Waals surface area contributed by atoms with Crippen LogP contribution in [0.15, 0.2) is 42.6 Å². The summed E-state index contributed by atoms with van der Waals surface area (Å²) in [5, 5.41) is 10.1. The van der Waals surface area contributed by atoms with Gasteiger partial charge in [-0.15, -0.1) is 0 Å². The van der Waals surface area contributed by atoms with Crippen LogP contribution in [0.5, 0.6) is 0 Å². The van der Waals surface area contributed by atoms with Crippen LogP contribution in [-0.2, 0) is 16.6 Å². The summed E-state index contributed by atoms with van der Waals surface area (Å²) >= 11 is 0. The fourth-order valence-electron chi connectivity index (χ4n) is 4.16. The van der Waals surface area contributed by atoms with Crippen LogP contribution in [0.3, 0.4) is 0 Å². The minimum Gasteiger partial charge on any atom is -0.347 e. The van der Waals surface area contributed by atoms with Gasteiger partial charge in [-0.3, -0.25) is 0 Å². The van der Waals surface area contributed by atoms with E-state index in [1.165, 1.54) is 12.1 Å². The van der Waals surface area contributed by atoms with Crippen LogP contribution in [0.1, 0.15) is 57.7 Å². The van der Waals surface area contributed by atoms with Crippen molar-refractivity contribution in [2.24, 2.45) is 5.41 Å². The van der Waals surface area contributed by atoms with Crippen molar-refractivity contribution in [2.75, 3.05) is 0 Å². The molecular formula is C25H28FN3O2S. The number of nitriles is 1. The number of halogens is 1. The van der Waals surface area contributed by atoms with Crippen LogP contribution in [0, 0.1) is 22.6 Å². The van der Waals surface area contributed by atoms with Crippen molar-refractivity contribution in [3.8, 4) is 17.2 Å². The minimum absolute atomic E-state index is 0.0220. The third-order valence-electron chi connectivity index (χ3n) is 5.75. The van der Waals surface area contributed by atoms with Gasteiger partial charge in [-0.2, -0.15) is 5.26 Å². The van der Waals surface area contributed by atoms with Crippen LogP contribution in [-0.4, -0.2) is 18.2 Å². The van der Waals surface area contributed by atoms with Crippen molar-refractivity contribution >= 4 is 20.9 Å². The molecule has 7 heteroatoms. The molecule has 1 heterocycles. The van der Waals surface area contributed by atoms with Crippen molar-refractivity contribution in [1.82, 2.24) is 9.29 Å². The lowest BCUT2D eigenvalue weighted by molar-refractivity contribution is 0.349. The smallest absolute Gasteiger partial charge is 0.215 e. The highest BCUT2D eigenvalue weighted by molar-refractivity contribution is 7.90. The first kappa shape index (κ1) is 22.5. The zero-order valence-corrected chi connectivity index (χ0v) is 19.6. The van der Waals surface area contributed by atoms with E-state index >= 15 is 0 Å². The summed E-state index contributed by atoms with van der Waals surface area (Å²) in [6.45, 7) is 8.96. The fraction of sp³-hybridized carbons (Fsp3) is 0.400. The van der Waals surface area contributed by atoms with E-state index < -0.39 is 21.9 Å². The molecule has 0 radical (unpaired) electrons. The third-order valence-corrected chi connectivity index (χ3v) is 7.78. The highest BCUT2D eigenvalue weighted by Gasteiger charge is 2.37. The Kier molecular flexibility index (Phi) is 5.64. The van der Waals surface area contributed by atoms with Crippen molar-refractivity contribution in [2.45, 2.75) is 58.4 Å². The normalized spacial score (nSPS) is 15.6. The van der Waals surface area contributed by atoms with E-state index in [2.05, 4.69) is 36.1 Å². The number of aromatic nitrogens is 1. The van der Waals surface area contributed by atoms with Crippen molar-refractivity contribution < 1.29 is 12.8 Å². The van der Waals surface area contributed by atoms with Gasteiger partial charge in [0.1, 0.15) is 5.82 Å². The molecule has 1 fully saturated rings. The van der Waals surface area contributed by atoms with Gasteiger partial charge in [0.25, 0.3) is 0 Å². The molecule has 5 nitrogen and oxygen atoms in total. The number of rotatable bonds is 6. The molecule has 0 unspecified atom stereocenters. The maximum absolute atomic E-state index is 14.7. The van der Waals surface area contributed by atoms with E-state index in [9.17, 15) is 18.1 Å². The molecule has 3 aromatic rings. The third kappa shape index (κ3) is 4.43. The Labute approximate surface area is 188 Å². The second kappa shape index (κ2) is 8.02. The summed E-state index contributed by atoms with van der Waals surface area (Å²) in [7, 11) is -3.34. The zero-order chi connectivity index (χ0) is 23.3. The molecule has 0 aliphatic heterocycles. The minimum atomic E-state index is -3.34. The predicted molar refractivity (Wildman–Crippen MR) is 125 cm³/mol. The fourth-order valence-corrected chi connectivity index (χ4v) is 5.73. The number of fused-ring (bicyclic) bond motifs is 1. The van der Waals surface area contributed by atoms with E-state index in [1.54, 1.807) is 12.1 Å². The summed E-state index contributed by atoms with van der Waals surface area (Å²) in [4.78, 5) is 0.